The molecule has 17 heavy (non-hydrogen) atoms. The maximum absolute atomic E-state index is 11.2. The van der Waals surface area contributed by atoms with Gasteiger partial charge in [0.05, 0.1) is 0 Å². The van der Waals surface area contributed by atoms with Crippen LogP contribution in [-0.2, 0) is 9.53 Å². The predicted molar refractivity (Wildman–Crippen MR) is 68.6 cm³/mol. The first-order valence-corrected chi connectivity index (χ1v) is 5.53. The van der Waals surface area contributed by atoms with Gasteiger partial charge >= 0.3 is 0 Å². The normalized spacial score (nSPS) is 11.2. The van der Waals surface area contributed by atoms with E-state index in [2.05, 4.69) is 18.4 Å². The van der Waals surface area contributed by atoms with E-state index in [-0.39, 0.29) is 5.78 Å². The minimum Gasteiger partial charge on any atom is -0.361 e. The van der Waals surface area contributed by atoms with Gasteiger partial charge in [-0.15, -0.1) is 0 Å². The van der Waals surface area contributed by atoms with Crippen LogP contribution in [0, 0.1) is 11.8 Å². The van der Waals surface area contributed by atoms with Gasteiger partial charge in [-0.1, -0.05) is 36.6 Å². The van der Waals surface area contributed by atoms with Crippen molar-refractivity contribution in [2.75, 3.05) is 6.61 Å². The lowest BCUT2D eigenvalue weighted by Crippen LogP contribution is -2.17. The zero-order valence-electron chi connectivity index (χ0n) is 10.2. The summed E-state index contributed by atoms with van der Waals surface area (Å²) in [6, 6.07) is 9.58. The number of carbonyl (C=O) groups is 1. The summed E-state index contributed by atoms with van der Waals surface area (Å²) in [4.78, 5) is 11.2. The lowest BCUT2D eigenvalue weighted by atomic mass is 10.1. The fourth-order valence-electron chi connectivity index (χ4n) is 1.25. The molecule has 2 nitrogen and oxygen atoms in total. The minimum absolute atomic E-state index is 0.0918. The molecular formula is C15H16O2. The third-order valence-electron chi connectivity index (χ3n) is 2.22. The molecular weight excluding hydrogens is 212 g/mol. The van der Waals surface area contributed by atoms with Crippen molar-refractivity contribution in [2.45, 2.75) is 20.0 Å². The van der Waals surface area contributed by atoms with Gasteiger partial charge in [0.25, 0.3) is 0 Å². The van der Waals surface area contributed by atoms with E-state index in [9.17, 15) is 4.79 Å². The number of benzene rings is 1. The molecule has 0 saturated carbocycles. The van der Waals surface area contributed by atoms with Gasteiger partial charge in [-0.05, 0) is 26.0 Å². The Morgan fingerprint density at radius 3 is 2.59 bits per heavy atom. The van der Waals surface area contributed by atoms with E-state index in [0.29, 0.717) is 12.2 Å². The zero-order chi connectivity index (χ0) is 12.7. The number of rotatable bonds is 4. The van der Waals surface area contributed by atoms with Crippen LogP contribution in [0.25, 0.3) is 0 Å². The van der Waals surface area contributed by atoms with Crippen molar-refractivity contribution in [3.63, 3.8) is 0 Å². The Labute approximate surface area is 102 Å². The monoisotopic (exact) mass is 228 g/mol. The molecule has 0 saturated heterocycles. The molecule has 1 aromatic rings. The summed E-state index contributed by atoms with van der Waals surface area (Å²) in [5.74, 6) is 5.81. The molecule has 88 valence electrons. The van der Waals surface area contributed by atoms with Gasteiger partial charge in [-0.2, -0.15) is 0 Å². The van der Waals surface area contributed by atoms with E-state index < -0.39 is 6.10 Å². The van der Waals surface area contributed by atoms with Crippen molar-refractivity contribution in [1.82, 2.24) is 0 Å². The van der Waals surface area contributed by atoms with Gasteiger partial charge in [0.1, 0.15) is 6.10 Å². The first-order valence-electron chi connectivity index (χ1n) is 5.53. The Bertz CT molecular complexity index is 449. The Morgan fingerprint density at radius 1 is 1.41 bits per heavy atom. The van der Waals surface area contributed by atoms with E-state index in [1.807, 2.05) is 37.3 Å². The third-order valence-corrected chi connectivity index (χ3v) is 2.22. The highest BCUT2D eigenvalue weighted by Gasteiger charge is 2.13. The Morgan fingerprint density at radius 2 is 2.06 bits per heavy atom. The number of hydrogen-bond acceptors (Lipinski definition) is 2. The third kappa shape index (κ3) is 4.26. The van der Waals surface area contributed by atoms with Crippen LogP contribution in [0.2, 0.25) is 0 Å². The Hall–Kier alpha value is -1.85. The molecule has 1 rings (SSSR count). The van der Waals surface area contributed by atoms with E-state index in [1.165, 1.54) is 6.92 Å². The van der Waals surface area contributed by atoms with Crippen molar-refractivity contribution >= 4 is 5.78 Å². The number of ketones is 1. The molecule has 1 atom stereocenters. The summed E-state index contributed by atoms with van der Waals surface area (Å²) in [7, 11) is 0. The van der Waals surface area contributed by atoms with E-state index in [1.54, 1.807) is 0 Å². The number of ether oxygens (including phenoxy) is 1. The summed E-state index contributed by atoms with van der Waals surface area (Å²) in [5, 5.41) is 0. The quantitative estimate of drug-likeness (QED) is 0.585. The highest BCUT2D eigenvalue weighted by Crippen LogP contribution is 2.06. The lowest BCUT2D eigenvalue weighted by molar-refractivity contribution is -0.114. The average Bonchev–Trinajstić information content (AvgIpc) is 2.34. The molecule has 0 bridgehead atoms. The van der Waals surface area contributed by atoms with Gasteiger partial charge in [-0.25, -0.2) is 0 Å². The second-order valence-corrected chi connectivity index (χ2v) is 3.55. The van der Waals surface area contributed by atoms with Crippen LogP contribution < -0.4 is 0 Å². The molecule has 0 aliphatic rings. The van der Waals surface area contributed by atoms with Gasteiger partial charge in [0.15, 0.2) is 5.78 Å². The average molecular weight is 228 g/mol. The molecule has 1 unspecified atom stereocenters. The number of hydrogen-bond donors (Lipinski definition) is 0. The van der Waals surface area contributed by atoms with Gasteiger partial charge < -0.3 is 4.74 Å². The molecule has 2 heteroatoms. The largest absolute Gasteiger partial charge is 0.361 e. The minimum atomic E-state index is -0.516. The molecule has 0 radical (unpaired) electrons. The summed E-state index contributed by atoms with van der Waals surface area (Å²) in [5.41, 5.74) is 1.30. The summed E-state index contributed by atoms with van der Waals surface area (Å²) >= 11 is 0. The van der Waals surface area contributed by atoms with Crippen LogP contribution in [-0.4, -0.2) is 18.5 Å². The first-order chi connectivity index (χ1) is 8.15. The molecule has 0 fully saturated rings. The fraction of sp³-hybridized carbons (Fsp3) is 0.267. The maximum atomic E-state index is 11.2. The molecule has 1 aromatic carbocycles. The molecule has 0 amide bonds. The van der Waals surface area contributed by atoms with Crippen LogP contribution in [0.5, 0.6) is 0 Å². The van der Waals surface area contributed by atoms with Crippen molar-refractivity contribution < 1.29 is 9.53 Å². The van der Waals surface area contributed by atoms with Gasteiger partial charge in [0, 0.05) is 17.7 Å². The molecule has 0 spiro atoms. The van der Waals surface area contributed by atoms with Crippen LogP contribution in [0.4, 0.5) is 0 Å². The van der Waals surface area contributed by atoms with Crippen LogP contribution in [0.1, 0.15) is 19.4 Å². The Balaban J connectivity index is 2.84. The second kappa shape index (κ2) is 6.67. The predicted octanol–water partition coefficient (Wildman–Crippen LogP) is 2.59. The molecule has 0 aliphatic heterocycles. The van der Waals surface area contributed by atoms with Crippen molar-refractivity contribution in [2.24, 2.45) is 0 Å². The number of carbonyl (C=O) groups excluding carboxylic acids is 1. The zero-order valence-corrected chi connectivity index (χ0v) is 10.2. The van der Waals surface area contributed by atoms with Gasteiger partial charge in [-0.3, -0.25) is 4.79 Å². The molecule has 0 heterocycles. The van der Waals surface area contributed by atoms with Crippen molar-refractivity contribution in [1.29, 1.82) is 0 Å². The fourth-order valence-corrected chi connectivity index (χ4v) is 1.25. The van der Waals surface area contributed by atoms with Gasteiger partial charge in [0.2, 0.25) is 0 Å². The smallest absolute Gasteiger partial charge is 0.158 e. The van der Waals surface area contributed by atoms with E-state index >= 15 is 0 Å². The first kappa shape index (κ1) is 13.2. The SMILES string of the molecule is C=C(C(C)=O)C(C#Cc1ccccc1)OCC. The second-order valence-electron chi connectivity index (χ2n) is 3.55. The lowest BCUT2D eigenvalue weighted by Gasteiger charge is -2.10. The van der Waals surface area contributed by atoms with Crippen LogP contribution in [0.15, 0.2) is 42.5 Å². The van der Waals surface area contributed by atoms with E-state index in [0.717, 1.165) is 5.56 Å². The summed E-state index contributed by atoms with van der Waals surface area (Å²) < 4.78 is 5.39. The van der Waals surface area contributed by atoms with Crippen molar-refractivity contribution in [3.05, 3.63) is 48.0 Å². The number of Topliss-reactive ketones (excluding diaryl/α,β-unsaturated/α-hetero) is 1. The standard InChI is InChI=1S/C15H16O2/c1-4-17-15(12(2)13(3)16)11-10-14-8-6-5-7-9-14/h5-9,15H,2,4H2,1,3H3. The Kier molecular flexibility index (Phi) is 5.19. The van der Waals surface area contributed by atoms with E-state index in [4.69, 9.17) is 4.74 Å². The molecule has 0 N–H and O–H groups in total. The molecule has 0 aromatic heterocycles. The van der Waals surface area contributed by atoms with Crippen molar-refractivity contribution in [3.8, 4) is 11.8 Å². The summed E-state index contributed by atoms with van der Waals surface area (Å²) in [6.07, 6.45) is -0.516. The summed E-state index contributed by atoms with van der Waals surface area (Å²) in [6.45, 7) is 7.55. The highest BCUT2D eigenvalue weighted by molar-refractivity contribution is 5.94. The molecule has 0 aliphatic carbocycles. The topological polar surface area (TPSA) is 26.3 Å². The maximum Gasteiger partial charge on any atom is 0.158 e. The van der Waals surface area contributed by atoms with Crippen LogP contribution in [0.3, 0.4) is 0 Å². The highest BCUT2D eigenvalue weighted by atomic mass is 16.5. The van der Waals surface area contributed by atoms with Crippen LogP contribution >= 0.6 is 0 Å².